The van der Waals surface area contributed by atoms with Gasteiger partial charge in [0.2, 0.25) is 10.0 Å². The molecule has 0 bridgehead atoms. The van der Waals surface area contributed by atoms with Crippen molar-refractivity contribution in [3.8, 4) is 0 Å². The Bertz CT molecular complexity index is 919. The number of nitrogens with zero attached hydrogens (tertiary/aromatic N) is 2. The SMILES string of the molecule is CN1OCC(S(=O)(=O)N2CCc3ccccc3C2)C1c1cccc(F)c1. The minimum atomic E-state index is -3.60. The summed E-state index contributed by atoms with van der Waals surface area (Å²) in [6, 6.07) is 13.4. The molecular formula is C19H21FN2O3S. The average Bonchev–Trinajstić information content (AvgIpc) is 3.03. The summed E-state index contributed by atoms with van der Waals surface area (Å²) in [6.45, 7) is 0.891. The Morgan fingerprint density at radius 3 is 2.65 bits per heavy atom. The van der Waals surface area contributed by atoms with Crippen molar-refractivity contribution in [1.29, 1.82) is 0 Å². The molecule has 1 fully saturated rings. The molecule has 4 rings (SSSR count). The van der Waals surface area contributed by atoms with Gasteiger partial charge in [0.25, 0.3) is 0 Å². The maximum atomic E-state index is 13.7. The number of halogens is 1. The largest absolute Gasteiger partial charge is 0.297 e. The Hall–Kier alpha value is -1.80. The summed E-state index contributed by atoms with van der Waals surface area (Å²) >= 11 is 0. The van der Waals surface area contributed by atoms with E-state index in [2.05, 4.69) is 0 Å². The molecule has 2 aromatic carbocycles. The molecule has 7 heteroatoms. The van der Waals surface area contributed by atoms with Gasteiger partial charge in [-0.3, -0.25) is 4.84 Å². The highest BCUT2D eigenvalue weighted by Crippen LogP contribution is 2.36. The van der Waals surface area contributed by atoms with Gasteiger partial charge in [-0.15, -0.1) is 0 Å². The molecule has 0 saturated carbocycles. The second-order valence-electron chi connectivity index (χ2n) is 6.78. The highest BCUT2D eigenvalue weighted by Gasteiger charge is 2.46. The third-order valence-electron chi connectivity index (χ3n) is 5.21. The van der Waals surface area contributed by atoms with Crippen molar-refractivity contribution in [2.75, 3.05) is 20.2 Å². The van der Waals surface area contributed by atoms with Crippen LogP contribution >= 0.6 is 0 Å². The van der Waals surface area contributed by atoms with Crippen LogP contribution in [-0.2, 0) is 27.8 Å². The molecule has 0 amide bonds. The Labute approximate surface area is 153 Å². The molecule has 0 aromatic heterocycles. The minimum absolute atomic E-state index is 0.0676. The second kappa shape index (κ2) is 6.74. The molecular weight excluding hydrogens is 355 g/mol. The van der Waals surface area contributed by atoms with Crippen molar-refractivity contribution < 1.29 is 17.6 Å². The van der Waals surface area contributed by atoms with Crippen LogP contribution in [0.4, 0.5) is 4.39 Å². The molecule has 0 radical (unpaired) electrons. The van der Waals surface area contributed by atoms with Crippen molar-refractivity contribution in [2.45, 2.75) is 24.3 Å². The zero-order valence-electron chi connectivity index (χ0n) is 14.5. The van der Waals surface area contributed by atoms with E-state index in [4.69, 9.17) is 4.84 Å². The van der Waals surface area contributed by atoms with Gasteiger partial charge in [-0.25, -0.2) is 12.8 Å². The van der Waals surface area contributed by atoms with Crippen molar-refractivity contribution in [3.63, 3.8) is 0 Å². The number of hydrogen-bond donors (Lipinski definition) is 0. The highest BCUT2D eigenvalue weighted by atomic mass is 32.2. The van der Waals surface area contributed by atoms with Crippen LogP contribution in [0.5, 0.6) is 0 Å². The predicted molar refractivity (Wildman–Crippen MR) is 96.1 cm³/mol. The Morgan fingerprint density at radius 2 is 1.88 bits per heavy atom. The molecule has 0 N–H and O–H groups in total. The van der Waals surface area contributed by atoms with Gasteiger partial charge >= 0.3 is 0 Å². The van der Waals surface area contributed by atoms with Gasteiger partial charge in [0.1, 0.15) is 11.1 Å². The molecule has 2 aromatic rings. The number of rotatable bonds is 3. The first-order chi connectivity index (χ1) is 12.5. The predicted octanol–water partition coefficient (Wildman–Crippen LogP) is 2.50. The van der Waals surface area contributed by atoms with Crippen LogP contribution in [-0.4, -0.2) is 43.2 Å². The summed E-state index contributed by atoms with van der Waals surface area (Å²) in [5, 5.41) is 0.758. The van der Waals surface area contributed by atoms with E-state index in [1.54, 1.807) is 19.2 Å². The standard InChI is InChI=1S/C19H21FN2O3S/c1-21-19(15-7-4-8-17(20)11-15)18(13-25-21)26(23,24)22-10-9-14-5-2-3-6-16(14)12-22/h2-8,11,18-19H,9-10,12-13H2,1H3. The molecule has 5 nitrogen and oxygen atoms in total. The second-order valence-corrected chi connectivity index (χ2v) is 8.93. The van der Waals surface area contributed by atoms with Gasteiger partial charge in [0.05, 0.1) is 12.6 Å². The maximum absolute atomic E-state index is 13.7. The molecule has 2 aliphatic heterocycles. The van der Waals surface area contributed by atoms with Gasteiger partial charge < -0.3 is 0 Å². The van der Waals surface area contributed by atoms with Gasteiger partial charge in [0.15, 0.2) is 0 Å². The van der Waals surface area contributed by atoms with Crippen LogP contribution in [0.3, 0.4) is 0 Å². The maximum Gasteiger partial charge on any atom is 0.221 e. The van der Waals surface area contributed by atoms with E-state index in [9.17, 15) is 12.8 Å². The topological polar surface area (TPSA) is 49.9 Å². The smallest absolute Gasteiger partial charge is 0.221 e. The van der Waals surface area contributed by atoms with Crippen LogP contribution in [0.1, 0.15) is 22.7 Å². The van der Waals surface area contributed by atoms with E-state index in [0.29, 0.717) is 25.1 Å². The molecule has 26 heavy (non-hydrogen) atoms. The van der Waals surface area contributed by atoms with Gasteiger partial charge in [-0.2, -0.15) is 9.37 Å². The van der Waals surface area contributed by atoms with E-state index in [0.717, 1.165) is 5.56 Å². The van der Waals surface area contributed by atoms with Gasteiger partial charge in [0, 0.05) is 20.1 Å². The van der Waals surface area contributed by atoms with Crippen molar-refractivity contribution >= 4 is 10.0 Å². The summed E-state index contributed by atoms with van der Waals surface area (Å²) in [7, 11) is -1.91. The number of hydrogen-bond acceptors (Lipinski definition) is 4. The average molecular weight is 376 g/mol. The number of fused-ring (bicyclic) bond motifs is 1. The summed E-state index contributed by atoms with van der Waals surface area (Å²) in [6.07, 6.45) is 0.698. The van der Waals surface area contributed by atoms with Crippen LogP contribution in [0.25, 0.3) is 0 Å². The summed E-state index contributed by atoms with van der Waals surface area (Å²) < 4.78 is 41.9. The molecule has 2 atom stereocenters. The molecule has 0 aliphatic carbocycles. The van der Waals surface area contributed by atoms with Crippen LogP contribution in [0, 0.1) is 5.82 Å². The number of hydroxylamine groups is 2. The zero-order chi connectivity index (χ0) is 18.3. The van der Waals surface area contributed by atoms with E-state index in [-0.39, 0.29) is 12.4 Å². The lowest BCUT2D eigenvalue weighted by molar-refractivity contribution is -0.110. The van der Waals surface area contributed by atoms with Crippen molar-refractivity contribution in [2.24, 2.45) is 0 Å². The first-order valence-corrected chi connectivity index (χ1v) is 10.1. The van der Waals surface area contributed by atoms with Gasteiger partial charge in [-0.05, 0) is 35.2 Å². The van der Waals surface area contributed by atoms with E-state index < -0.39 is 21.3 Å². The van der Waals surface area contributed by atoms with Crippen molar-refractivity contribution in [1.82, 2.24) is 9.37 Å². The quantitative estimate of drug-likeness (QED) is 0.826. The third-order valence-corrected chi connectivity index (χ3v) is 7.41. The molecule has 138 valence electrons. The van der Waals surface area contributed by atoms with Gasteiger partial charge in [-0.1, -0.05) is 36.4 Å². The lowest BCUT2D eigenvalue weighted by Crippen LogP contribution is -2.44. The fraction of sp³-hybridized carbons (Fsp3) is 0.368. The van der Waals surface area contributed by atoms with Crippen molar-refractivity contribution in [3.05, 3.63) is 71.0 Å². The Morgan fingerprint density at radius 1 is 1.12 bits per heavy atom. The third kappa shape index (κ3) is 3.05. The van der Waals surface area contributed by atoms with Crippen LogP contribution < -0.4 is 0 Å². The highest BCUT2D eigenvalue weighted by molar-refractivity contribution is 7.89. The summed E-state index contributed by atoms with van der Waals surface area (Å²) in [4.78, 5) is 5.52. The monoisotopic (exact) mass is 376 g/mol. The van der Waals surface area contributed by atoms with Crippen LogP contribution in [0.2, 0.25) is 0 Å². The molecule has 0 spiro atoms. The lowest BCUT2D eigenvalue weighted by Gasteiger charge is -2.32. The van der Waals surface area contributed by atoms with E-state index in [1.807, 2.05) is 24.3 Å². The summed E-state index contributed by atoms with van der Waals surface area (Å²) in [5.74, 6) is -0.383. The molecule has 1 saturated heterocycles. The number of benzene rings is 2. The fourth-order valence-electron chi connectivity index (χ4n) is 3.84. The Balaban J connectivity index is 1.65. The lowest BCUT2D eigenvalue weighted by atomic mass is 10.0. The first kappa shape index (κ1) is 17.6. The molecule has 2 unspecified atom stereocenters. The van der Waals surface area contributed by atoms with E-state index in [1.165, 1.54) is 27.1 Å². The normalized spacial score (nSPS) is 24.5. The fourth-order valence-corrected chi connectivity index (χ4v) is 5.77. The first-order valence-electron chi connectivity index (χ1n) is 8.64. The summed E-state index contributed by atoms with van der Waals surface area (Å²) in [5.41, 5.74) is 2.84. The molecule has 2 heterocycles. The zero-order valence-corrected chi connectivity index (χ0v) is 15.3. The van der Waals surface area contributed by atoms with Crippen LogP contribution in [0.15, 0.2) is 48.5 Å². The number of sulfonamides is 1. The minimum Gasteiger partial charge on any atom is -0.297 e. The Kier molecular flexibility index (Phi) is 4.56. The van der Waals surface area contributed by atoms with E-state index >= 15 is 0 Å². The molecule has 2 aliphatic rings.